The molecule has 0 saturated heterocycles. The van der Waals surface area contributed by atoms with Gasteiger partial charge in [0.05, 0.1) is 16.7 Å². The van der Waals surface area contributed by atoms with Gasteiger partial charge in [-0.25, -0.2) is 9.18 Å². The molecular formula is C18H18Cl2FNO3. The van der Waals surface area contributed by atoms with Crippen LogP contribution in [0.5, 0.6) is 0 Å². The molecule has 3 rings (SSSR count). The first-order chi connectivity index (χ1) is 11.7. The smallest absolute Gasteiger partial charge is 0.344 e. The van der Waals surface area contributed by atoms with Gasteiger partial charge < -0.3 is 9.26 Å². The van der Waals surface area contributed by atoms with Crippen LogP contribution in [0, 0.1) is 0 Å². The lowest BCUT2D eigenvalue weighted by atomic mass is 9.98. The third kappa shape index (κ3) is 3.53. The molecular weight excluding hydrogens is 368 g/mol. The maximum atomic E-state index is 14.5. The van der Waals surface area contributed by atoms with Gasteiger partial charge in [0.1, 0.15) is 11.3 Å². The standard InChI is InChI=1S/C18H18Cl2FNO3/c1-4-24-17(23)14-15(22-25-16(14)18(2,3)21)13-11(19)7-10(8-12(13)20)9-5-6-9/h7-9H,4-6H2,1-3H3. The fourth-order valence-electron chi connectivity index (χ4n) is 2.73. The molecule has 1 aliphatic rings. The SMILES string of the molecule is CCOC(=O)c1c(-c2c(Cl)cc(C3CC3)cc2Cl)noc1C(C)(C)F. The predicted octanol–water partition coefficient (Wildman–Crippen LogP) is 5.91. The highest BCUT2D eigenvalue weighted by Crippen LogP contribution is 2.46. The summed E-state index contributed by atoms with van der Waals surface area (Å²) in [5, 5.41) is 4.57. The average molecular weight is 386 g/mol. The molecule has 1 heterocycles. The highest BCUT2D eigenvalue weighted by molar-refractivity contribution is 6.39. The second-order valence-corrected chi connectivity index (χ2v) is 7.38. The number of alkyl halides is 1. The van der Waals surface area contributed by atoms with Gasteiger partial charge in [0.15, 0.2) is 11.4 Å². The normalized spacial score (nSPS) is 14.6. The van der Waals surface area contributed by atoms with E-state index >= 15 is 0 Å². The number of aromatic nitrogens is 1. The van der Waals surface area contributed by atoms with Crippen LogP contribution in [-0.2, 0) is 10.4 Å². The van der Waals surface area contributed by atoms with Crippen LogP contribution in [0.4, 0.5) is 4.39 Å². The maximum Gasteiger partial charge on any atom is 0.344 e. The number of halogens is 3. The maximum absolute atomic E-state index is 14.5. The first-order valence-corrected chi connectivity index (χ1v) is 8.85. The molecule has 0 bridgehead atoms. The number of rotatable bonds is 5. The number of carbonyl (C=O) groups excluding carboxylic acids is 1. The van der Waals surface area contributed by atoms with Gasteiger partial charge in [-0.15, -0.1) is 0 Å². The van der Waals surface area contributed by atoms with Crippen LogP contribution in [0.1, 0.15) is 61.2 Å². The van der Waals surface area contributed by atoms with Crippen LogP contribution < -0.4 is 0 Å². The van der Waals surface area contributed by atoms with E-state index in [1.54, 1.807) is 6.92 Å². The van der Waals surface area contributed by atoms with E-state index < -0.39 is 11.6 Å². The minimum absolute atomic E-state index is 0.0858. The lowest BCUT2D eigenvalue weighted by molar-refractivity contribution is 0.0513. The molecule has 2 aromatic rings. The van der Waals surface area contributed by atoms with Crippen molar-refractivity contribution in [2.45, 2.75) is 45.2 Å². The number of hydrogen-bond donors (Lipinski definition) is 0. The van der Waals surface area contributed by atoms with Crippen molar-refractivity contribution in [3.8, 4) is 11.3 Å². The fraction of sp³-hybridized carbons (Fsp3) is 0.444. The minimum Gasteiger partial charge on any atom is -0.462 e. The molecule has 1 aromatic heterocycles. The Morgan fingerprint density at radius 3 is 2.44 bits per heavy atom. The van der Waals surface area contributed by atoms with Crippen molar-refractivity contribution in [1.82, 2.24) is 5.16 Å². The Kier molecular flexibility index (Phi) is 4.82. The zero-order valence-corrected chi connectivity index (χ0v) is 15.7. The first-order valence-electron chi connectivity index (χ1n) is 8.09. The molecule has 0 unspecified atom stereocenters. The van der Waals surface area contributed by atoms with Gasteiger partial charge in [0.2, 0.25) is 0 Å². The Bertz CT molecular complexity index is 799. The van der Waals surface area contributed by atoms with Gasteiger partial charge in [-0.05, 0) is 57.2 Å². The average Bonchev–Trinajstić information content (AvgIpc) is 3.25. The Labute approximate surface area is 155 Å². The third-order valence-corrected chi connectivity index (χ3v) is 4.66. The van der Waals surface area contributed by atoms with Crippen LogP contribution in [0.2, 0.25) is 10.0 Å². The quantitative estimate of drug-likeness (QED) is 0.600. The summed E-state index contributed by atoms with van der Waals surface area (Å²) in [5.41, 5.74) is -0.518. The van der Waals surface area contributed by atoms with Gasteiger partial charge in [0, 0.05) is 5.56 Å². The summed E-state index contributed by atoms with van der Waals surface area (Å²) in [6.07, 6.45) is 2.20. The summed E-state index contributed by atoms with van der Waals surface area (Å²) < 4.78 is 24.7. The van der Waals surface area contributed by atoms with Gasteiger partial charge in [-0.2, -0.15) is 0 Å². The van der Waals surface area contributed by atoms with E-state index in [0.29, 0.717) is 21.5 Å². The monoisotopic (exact) mass is 385 g/mol. The van der Waals surface area contributed by atoms with Crippen LogP contribution in [0.3, 0.4) is 0 Å². The molecule has 1 fully saturated rings. The van der Waals surface area contributed by atoms with Gasteiger partial charge in [-0.1, -0.05) is 28.4 Å². The van der Waals surface area contributed by atoms with E-state index in [1.165, 1.54) is 13.8 Å². The molecule has 25 heavy (non-hydrogen) atoms. The second-order valence-electron chi connectivity index (χ2n) is 6.56. The largest absolute Gasteiger partial charge is 0.462 e. The van der Waals surface area contributed by atoms with Crippen molar-refractivity contribution in [2.75, 3.05) is 6.61 Å². The highest BCUT2D eigenvalue weighted by atomic mass is 35.5. The molecule has 1 aromatic carbocycles. The molecule has 0 spiro atoms. The number of benzene rings is 1. The Morgan fingerprint density at radius 2 is 1.96 bits per heavy atom. The molecule has 1 aliphatic carbocycles. The first kappa shape index (κ1) is 18.2. The number of esters is 1. The zero-order chi connectivity index (χ0) is 18.4. The van der Waals surface area contributed by atoms with Gasteiger partial charge in [0.25, 0.3) is 0 Å². The van der Waals surface area contributed by atoms with E-state index in [-0.39, 0.29) is 23.6 Å². The molecule has 7 heteroatoms. The number of ether oxygens (including phenoxy) is 1. The van der Waals surface area contributed by atoms with E-state index in [9.17, 15) is 9.18 Å². The summed E-state index contributed by atoms with van der Waals surface area (Å²) in [6.45, 7) is 4.35. The van der Waals surface area contributed by atoms with Crippen molar-refractivity contribution in [3.05, 3.63) is 39.1 Å². The number of carbonyl (C=O) groups is 1. The van der Waals surface area contributed by atoms with Crippen molar-refractivity contribution < 1.29 is 18.4 Å². The molecule has 134 valence electrons. The predicted molar refractivity (Wildman–Crippen MR) is 94.0 cm³/mol. The topological polar surface area (TPSA) is 52.3 Å². The fourth-order valence-corrected chi connectivity index (χ4v) is 3.41. The van der Waals surface area contributed by atoms with Crippen molar-refractivity contribution in [3.63, 3.8) is 0 Å². The van der Waals surface area contributed by atoms with Crippen LogP contribution >= 0.6 is 23.2 Å². The summed E-state index contributed by atoms with van der Waals surface area (Å²) >= 11 is 12.8. The Hall–Kier alpha value is -1.59. The highest BCUT2D eigenvalue weighted by Gasteiger charge is 2.37. The Morgan fingerprint density at radius 1 is 1.36 bits per heavy atom. The van der Waals surface area contributed by atoms with E-state index in [1.807, 2.05) is 12.1 Å². The molecule has 0 atom stereocenters. The molecule has 0 amide bonds. The summed E-state index contributed by atoms with van der Waals surface area (Å²) in [7, 11) is 0. The zero-order valence-electron chi connectivity index (χ0n) is 14.2. The van der Waals surface area contributed by atoms with Crippen molar-refractivity contribution >= 4 is 29.2 Å². The van der Waals surface area contributed by atoms with Crippen LogP contribution in [0.15, 0.2) is 16.7 Å². The van der Waals surface area contributed by atoms with E-state index in [0.717, 1.165) is 18.4 Å². The summed E-state index contributed by atoms with van der Waals surface area (Å²) in [5.74, 6) is -0.469. The molecule has 0 aliphatic heterocycles. The lowest BCUT2D eigenvalue weighted by Crippen LogP contribution is -2.16. The van der Waals surface area contributed by atoms with Gasteiger partial charge in [-0.3, -0.25) is 0 Å². The Balaban J connectivity index is 2.17. The van der Waals surface area contributed by atoms with Crippen molar-refractivity contribution in [2.24, 2.45) is 0 Å². The van der Waals surface area contributed by atoms with Crippen LogP contribution in [0.25, 0.3) is 11.3 Å². The van der Waals surface area contributed by atoms with E-state index in [2.05, 4.69) is 5.16 Å². The van der Waals surface area contributed by atoms with Crippen LogP contribution in [-0.4, -0.2) is 17.7 Å². The lowest BCUT2D eigenvalue weighted by Gasteiger charge is -2.13. The third-order valence-electron chi connectivity index (χ3n) is 4.06. The molecule has 0 radical (unpaired) electrons. The summed E-state index contributed by atoms with van der Waals surface area (Å²) in [6, 6.07) is 3.62. The van der Waals surface area contributed by atoms with Gasteiger partial charge >= 0.3 is 5.97 Å². The summed E-state index contributed by atoms with van der Waals surface area (Å²) in [4.78, 5) is 12.4. The second kappa shape index (κ2) is 6.61. The minimum atomic E-state index is -1.92. The number of hydrogen-bond acceptors (Lipinski definition) is 4. The molecule has 4 nitrogen and oxygen atoms in total. The number of nitrogens with zero attached hydrogens (tertiary/aromatic N) is 1. The van der Waals surface area contributed by atoms with Crippen molar-refractivity contribution in [1.29, 1.82) is 0 Å². The van der Waals surface area contributed by atoms with E-state index in [4.69, 9.17) is 32.5 Å². The molecule has 0 N–H and O–H groups in total. The molecule has 1 saturated carbocycles.